The van der Waals surface area contributed by atoms with Crippen LogP contribution in [0, 0.1) is 10.8 Å². The van der Waals surface area contributed by atoms with E-state index in [9.17, 15) is 0 Å². The van der Waals surface area contributed by atoms with Gasteiger partial charge in [0.05, 0.1) is 12.7 Å². The van der Waals surface area contributed by atoms with E-state index in [1.165, 1.54) is 38.6 Å². The van der Waals surface area contributed by atoms with Crippen molar-refractivity contribution >= 4 is 0 Å². The Balaban J connectivity index is 1.97. The van der Waals surface area contributed by atoms with Crippen molar-refractivity contribution in [3.05, 3.63) is 0 Å². The Morgan fingerprint density at radius 3 is 2.44 bits per heavy atom. The summed E-state index contributed by atoms with van der Waals surface area (Å²) in [6.45, 7) is 9.99. The van der Waals surface area contributed by atoms with E-state index >= 15 is 0 Å². The molecule has 1 aliphatic heterocycles. The van der Waals surface area contributed by atoms with Crippen LogP contribution in [0.15, 0.2) is 0 Å². The first-order chi connectivity index (χ1) is 7.52. The number of hydrogen-bond donors (Lipinski definition) is 1. The first-order valence-electron chi connectivity index (χ1n) is 6.84. The fraction of sp³-hybridized carbons (Fsp3) is 1.00. The first kappa shape index (κ1) is 12.4. The molecule has 0 aromatic heterocycles. The van der Waals surface area contributed by atoms with E-state index in [0.29, 0.717) is 11.5 Å². The molecule has 0 amide bonds. The molecular weight excluding hydrogens is 198 g/mol. The van der Waals surface area contributed by atoms with Crippen LogP contribution in [0.2, 0.25) is 0 Å². The van der Waals surface area contributed by atoms with E-state index in [1.54, 1.807) is 0 Å². The lowest BCUT2D eigenvalue weighted by molar-refractivity contribution is -0.0460. The highest BCUT2D eigenvalue weighted by molar-refractivity contribution is 4.89. The van der Waals surface area contributed by atoms with Crippen LogP contribution in [0.3, 0.4) is 0 Å². The molecule has 1 atom stereocenters. The molecule has 2 nitrogen and oxygen atoms in total. The predicted octanol–water partition coefficient (Wildman–Crippen LogP) is 2.97. The smallest absolute Gasteiger partial charge is 0.0747 e. The highest BCUT2D eigenvalue weighted by Crippen LogP contribution is 2.38. The minimum atomic E-state index is 0.257. The molecule has 0 aromatic rings. The molecule has 1 N–H and O–H groups in total. The zero-order chi connectivity index (χ0) is 11.6. The molecule has 2 fully saturated rings. The van der Waals surface area contributed by atoms with E-state index in [-0.39, 0.29) is 5.41 Å². The Morgan fingerprint density at radius 2 is 1.81 bits per heavy atom. The molecule has 0 radical (unpaired) electrons. The third kappa shape index (κ3) is 2.78. The molecule has 2 aliphatic rings. The predicted molar refractivity (Wildman–Crippen MR) is 67.6 cm³/mol. The summed E-state index contributed by atoms with van der Waals surface area (Å²) in [5.41, 5.74) is 0.714. The Hall–Kier alpha value is -0.0800. The van der Waals surface area contributed by atoms with Gasteiger partial charge in [0.2, 0.25) is 0 Å². The summed E-state index contributed by atoms with van der Waals surface area (Å²) < 4.78 is 6.20. The zero-order valence-corrected chi connectivity index (χ0v) is 11.1. The third-order valence-electron chi connectivity index (χ3n) is 4.30. The van der Waals surface area contributed by atoms with Gasteiger partial charge in [-0.25, -0.2) is 0 Å². The summed E-state index contributed by atoms with van der Waals surface area (Å²) >= 11 is 0. The van der Waals surface area contributed by atoms with Crippen molar-refractivity contribution in [3.8, 4) is 0 Å². The standard InChI is InChI=1S/C14H27NO/c1-13(2,3)12-9-15-10-14(11-16-12)7-5-4-6-8-14/h12,15H,4-11H2,1-3H3. The summed E-state index contributed by atoms with van der Waals surface area (Å²) in [6.07, 6.45) is 7.29. The molecule has 2 rings (SSSR count). The van der Waals surface area contributed by atoms with E-state index in [0.717, 1.165) is 13.2 Å². The van der Waals surface area contributed by atoms with Crippen molar-refractivity contribution in [1.29, 1.82) is 0 Å². The summed E-state index contributed by atoms with van der Waals surface area (Å²) in [5, 5.41) is 3.64. The van der Waals surface area contributed by atoms with Crippen molar-refractivity contribution in [2.45, 2.75) is 59.0 Å². The van der Waals surface area contributed by atoms with Gasteiger partial charge in [0.15, 0.2) is 0 Å². The van der Waals surface area contributed by atoms with Crippen LogP contribution in [0.25, 0.3) is 0 Å². The summed E-state index contributed by atoms with van der Waals surface area (Å²) in [4.78, 5) is 0. The Kier molecular flexibility index (Phi) is 3.60. The minimum Gasteiger partial charge on any atom is -0.376 e. The van der Waals surface area contributed by atoms with Crippen molar-refractivity contribution in [2.24, 2.45) is 10.8 Å². The van der Waals surface area contributed by atoms with E-state index in [1.807, 2.05) is 0 Å². The van der Waals surface area contributed by atoms with Gasteiger partial charge in [-0.2, -0.15) is 0 Å². The second-order valence-electron chi connectivity index (χ2n) is 6.86. The van der Waals surface area contributed by atoms with E-state index < -0.39 is 0 Å². The molecule has 1 unspecified atom stereocenters. The Bertz CT molecular complexity index is 225. The van der Waals surface area contributed by atoms with Crippen LogP contribution < -0.4 is 5.32 Å². The Morgan fingerprint density at radius 1 is 1.12 bits per heavy atom. The van der Waals surface area contributed by atoms with Gasteiger partial charge in [0.1, 0.15) is 0 Å². The van der Waals surface area contributed by atoms with E-state index in [2.05, 4.69) is 26.1 Å². The average Bonchev–Trinajstić information content (AvgIpc) is 2.42. The molecule has 94 valence electrons. The maximum Gasteiger partial charge on any atom is 0.0747 e. The maximum atomic E-state index is 6.20. The Labute approximate surface area is 100 Å². The van der Waals surface area contributed by atoms with Gasteiger partial charge < -0.3 is 10.1 Å². The molecule has 0 aromatic carbocycles. The largest absolute Gasteiger partial charge is 0.376 e. The van der Waals surface area contributed by atoms with Crippen molar-refractivity contribution in [3.63, 3.8) is 0 Å². The van der Waals surface area contributed by atoms with Crippen molar-refractivity contribution < 1.29 is 4.74 Å². The second kappa shape index (κ2) is 4.66. The fourth-order valence-electron chi connectivity index (χ4n) is 3.03. The van der Waals surface area contributed by atoms with Gasteiger partial charge >= 0.3 is 0 Å². The van der Waals surface area contributed by atoms with Gasteiger partial charge in [-0.1, -0.05) is 40.0 Å². The number of nitrogens with one attached hydrogen (secondary N) is 1. The summed E-state index contributed by atoms with van der Waals surface area (Å²) in [7, 11) is 0. The van der Waals surface area contributed by atoms with Crippen LogP contribution in [0.5, 0.6) is 0 Å². The van der Waals surface area contributed by atoms with E-state index in [4.69, 9.17) is 4.74 Å². The van der Waals surface area contributed by atoms with Gasteiger partial charge in [-0.05, 0) is 18.3 Å². The topological polar surface area (TPSA) is 21.3 Å². The van der Waals surface area contributed by atoms with Crippen molar-refractivity contribution in [2.75, 3.05) is 19.7 Å². The molecule has 1 heterocycles. The molecule has 1 aliphatic carbocycles. The molecule has 1 saturated carbocycles. The lowest BCUT2D eigenvalue weighted by Crippen LogP contribution is -2.38. The minimum absolute atomic E-state index is 0.257. The SMILES string of the molecule is CC(C)(C)C1CNCC2(CCCCC2)CO1. The maximum absolute atomic E-state index is 6.20. The van der Waals surface area contributed by atoms with Gasteiger partial charge in [0, 0.05) is 18.5 Å². The first-order valence-corrected chi connectivity index (χ1v) is 6.84. The van der Waals surface area contributed by atoms with Crippen LogP contribution in [0.1, 0.15) is 52.9 Å². The quantitative estimate of drug-likeness (QED) is 0.684. The van der Waals surface area contributed by atoms with Crippen LogP contribution in [0.4, 0.5) is 0 Å². The average molecular weight is 225 g/mol. The van der Waals surface area contributed by atoms with Crippen LogP contribution in [-0.4, -0.2) is 25.8 Å². The molecule has 16 heavy (non-hydrogen) atoms. The lowest BCUT2D eigenvalue weighted by atomic mass is 9.74. The van der Waals surface area contributed by atoms with Crippen LogP contribution in [-0.2, 0) is 4.74 Å². The molecular formula is C14H27NO. The lowest BCUT2D eigenvalue weighted by Gasteiger charge is -2.36. The normalized spacial score (nSPS) is 31.3. The van der Waals surface area contributed by atoms with Gasteiger partial charge in [0.25, 0.3) is 0 Å². The fourth-order valence-corrected chi connectivity index (χ4v) is 3.03. The molecule has 2 heteroatoms. The second-order valence-corrected chi connectivity index (χ2v) is 6.86. The van der Waals surface area contributed by atoms with Crippen LogP contribution >= 0.6 is 0 Å². The molecule has 1 saturated heterocycles. The summed E-state index contributed by atoms with van der Waals surface area (Å²) in [6, 6.07) is 0. The van der Waals surface area contributed by atoms with Gasteiger partial charge in [-0.15, -0.1) is 0 Å². The molecule has 1 spiro atoms. The van der Waals surface area contributed by atoms with Crippen molar-refractivity contribution in [1.82, 2.24) is 5.32 Å². The zero-order valence-electron chi connectivity index (χ0n) is 11.1. The highest BCUT2D eigenvalue weighted by Gasteiger charge is 2.37. The third-order valence-corrected chi connectivity index (χ3v) is 4.30. The summed E-state index contributed by atoms with van der Waals surface area (Å²) in [5.74, 6) is 0. The highest BCUT2D eigenvalue weighted by atomic mass is 16.5. The number of ether oxygens (including phenoxy) is 1. The van der Waals surface area contributed by atoms with Gasteiger partial charge in [-0.3, -0.25) is 0 Å². The number of hydrogen-bond acceptors (Lipinski definition) is 2. The monoisotopic (exact) mass is 225 g/mol. The molecule has 0 bridgehead atoms. The number of rotatable bonds is 0.